The van der Waals surface area contributed by atoms with Crippen LogP contribution in [-0.4, -0.2) is 21.1 Å². The van der Waals surface area contributed by atoms with Crippen LogP contribution >= 0.6 is 24.0 Å². The molecule has 0 saturated carbocycles. The summed E-state index contributed by atoms with van der Waals surface area (Å²) in [5.74, 6) is 0.522. The fourth-order valence-corrected chi connectivity index (χ4v) is 4.33. The van der Waals surface area contributed by atoms with Gasteiger partial charge in [-0.25, -0.2) is 0 Å². The van der Waals surface area contributed by atoms with Crippen molar-refractivity contribution >= 4 is 63.3 Å². The second kappa shape index (κ2) is 8.77. The number of non-ortho nitro benzene ring substituents is 1. The van der Waals surface area contributed by atoms with Gasteiger partial charge in [0, 0.05) is 36.4 Å². The van der Waals surface area contributed by atoms with Crippen molar-refractivity contribution in [3.05, 3.63) is 81.4 Å². The van der Waals surface area contributed by atoms with Crippen LogP contribution in [0.4, 0.5) is 17.1 Å². The standard InChI is InChI=1S/C22H15N3O5S2/c1-13(26)23-15-4-8-16(9-5-15)24-21(27)20(32-22(24)31)12-18-10-11-19(30-18)14-2-6-17(7-3-14)25(28)29/h2-12H,1H3,(H,23,26)/b20-12+. The number of thiocarbonyl (C=S) groups is 1. The third-order valence-electron chi connectivity index (χ3n) is 4.50. The van der Waals surface area contributed by atoms with Gasteiger partial charge in [0.25, 0.3) is 11.6 Å². The highest BCUT2D eigenvalue weighted by atomic mass is 32.2. The molecule has 0 unspecified atom stereocenters. The summed E-state index contributed by atoms with van der Waals surface area (Å²) < 4.78 is 6.18. The van der Waals surface area contributed by atoms with Crippen LogP contribution in [-0.2, 0) is 9.59 Å². The molecule has 2 heterocycles. The lowest BCUT2D eigenvalue weighted by Gasteiger charge is -2.15. The normalized spacial score (nSPS) is 14.8. The molecule has 2 amide bonds. The van der Waals surface area contributed by atoms with E-state index in [1.165, 1.54) is 24.0 Å². The highest BCUT2D eigenvalue weighted by Gasteiger charge is 2.33. The van der Waals surface area contributed by atoms with E-state index in [1.54, 1.807) is 54.6 Å². The number of nitro benzene ring substituents is 1. The second-order valence-corrected chi connectivity index (χ2v) is 8.43. The zero-order valence-electron chi connectivity index (χ0n) is 16.6. The van der Waals surface area contributed by atoms with Crippen molar-refractivity contribution in [2.24, 2.45) is 0 Å². The Bertz CT molecular complexity index is 1260. The van der Waals surface area contributed by atoms with Crippen molar-refractivity contribution in [3.8, 4) is 11.3 Å². The van der Waals surface area contributed by atoms with E-state index in [0.717, 1.165) is 11.8 Å². The van der Waals surface area contributed by atoms with Gasteiger partial charge in [-0.15, -0.1) is 0 Å². The molecule has 0 aliphatic carbocycles. The maximum absolute atomic E-state index is 12.9. The fraction of sp³-hybridized carbons (Fsp3) is 0.0455. The molecule has 0 atom stereocenters. The zero-order chi connectivity index (χ0) is 22.8. The van der Waals surface area contributed by atoms with Crippen molar-refractivity contribution in [1.82, 2.24) is 0 Å². The van der Waals surface area contributed by atoms with Crippen molar-refractivity contribution in [1.29, 1.82) is 0 Å². The van der Waals surface area contributed by atoms with E-state index in [0.29, 0.717) is 37.7 Å². The Hall–Kier alpha value is -3.76. The Labute approximate surface area is 192 Å². The third kappa shape index (κ3) is 4.46. The SMILES string of the molecule is CC(=O)Nc1ccc(N2C(=O)/C(=C\c3ccc(-c4ccc([N+](=O)[O-])cc4)o3)SC2=S)cc1. The molecule has 0 spiro atoms. The number of anilines is 2. The summed E-state index contributed by atoms with van der Waals surface area (Å²) in [6.07, 6.45) is 1.61. The largest absolute Gasteiger partial charge is 0.457 e. The molecule has 3 aromatic rings. The molecule has 1 saturated heterocycles. The Morgan fingerprint density at radius 1 is 1.12 bits per heavy atom. The number of nitrogens with one attached hydrogen (secondary N) is 1. The van der Waals surface area contributed by atoms with Gasteiger partial charge in [-0.3, -0.25) is 24.6 Å². The molecule has 0 bridgehead atoms. The lowest BCUT2D eigenvalue weighted by atomic mass is 10.1. The van der Waals surface area contributed by atoms with Gasteiger partial charge in [-0.1, -0.05) is 24.0 Å². The molecular formula is C22H15N3O5S2. The lowest BCUT2D eigenvalue weighted by molar-refractivity contribution is -0.384. The van der Waals surface area contributed by atoms with Crippen LogP contribution in [0.25, 0.3) is 17.4 Å². The first-order chi connectivity index (χ1) is 15.3. The number of hydrogen-bond donors (Lipinski definition) is 1. The molecule has 1 N–H and O–H groups in total. The van der Waals surface area contributed by atoms with Gasteiger partial charge in [0.2, 0.25) is 5.91 Å². The summed E-state index contributed by atoms with van der Waals surface area (Å²) in [5.41, 5.74) is 1.89. The van der Waals surface area contributed by atoms with Crippen LogP contribution < -0.4 is 10.2 Å². The monoisotopic (exact) mass is 465 g/mol. The van der Waals surface area contributed by atoms with Crippen LogP contribution in [0.5, 0.6) is 0 Å². The maximum Gasteiger partial charge on any atom is 0.270 e. The van der Waals surface area contributed by atoms with Gasteiger partial charge in [0.15, 0.2) is 4.32 Å². The van der Waals surface area contributed by atoms with Crippen molar-refractivity contribution in [2.75, 3.05) is 10.2 Å². The molecule has 1 fully saturated rings. The number of benzene rings is 2. The molecule has 8 nitrogen and oxygen atoms in total. The van der Waals surface area contributed by atoms with Crippen molar-refractivity contribution in [2.45, 2.75) is 6.92 Å². The maximum atomic E-state index is 12.9. The van der Waals surface area contributed by atoms with Gasteiger partial charge in [0.05, 0.1) is 15.5 Å². The summed E-state index contributed by atoms with van der Waals surface area (Å²) in [4.78, 5) is 36.3. The molecule has 10 heteroatoms. The summed E-state index contributed by atoms with van der Waals surface area (Å²) in [5, 5.41) is 13.5. The van der Waals surface area contributed by atoms with Gasteiger partial charge in [-0.05, 0) is 48.5 Å². The smallest absolute Gasteiger partial charge is 0.270 e. The van der Waals surface area contributed by atoms with E-state index in [4.69, 9.17) is 16.6 Å². The second-order valence-electron chi connectivity index (χ2n) is 6.75. The highest BCUT2D eigenvalue weighted by Crippen LogP contribution is 2.37. The minimum atomic E-state index is -0.466. The Kier molecular flexibility index (Phi) is 5.89. The number of carbonyl (C=O) groups excluding carboxylic acids is 2. The topological polar surface area (TPSA) is 106 Å². The summed E-state index contributed by atoms with van der Waals surface area (Å²) in [6.45, 7) is 1.42. The zero-order valence-corrected chi connectivity index (χ0v) is 18.2. The van der Waals surface area contributed by atoms with Crippen LogP contribution in [0.2, 0.25) is 0 Å². The number of rotatable bonds is 5. The molecule has 0 radical (unpaired) electrons. The van der Waals surface area contributed by atoms with Crippen LogP contribution in [0.3, 0.4) is 0 Å². The quantitative estimate of drug-likeness (QED) is 0.238. The third-order valence-corrected chi connectivity index (χ3v) is 5.80. The average molecular weight is 466 g/mol. The van der Waals surface area contributed by atoms with E-state index in [1.807, 2.05) is 0 Å². The van der Waals surface area contributed by atoms with Crippen molar-refractivity contribution < 1.29 is 18.9 Å². The van der Waals surface area contributed by atoms with Gasteiger partial charge >= 0.3 is 0 Å². The molecule has 2 aromatic carbocycles. The van der Waals surface area contributed by atoms with E-state index in [9.17, 15) is 19.7 Å². The Morgan fingerprint density at radius 2 is 1.81 bits per heavy atom. The number of hydrogen-bond acceptors (Lipinski definition) is 7. The molecule has 1 aliphatic heterocycles. The number of thioether (sulfide) groups is 1. The first kappa shape index (κ1) is 21.5. The molecule has 1 aromatic heterocycles. The number of nitro groups is 1. The molecule has 32 heavy (non-hydrogen) atoms. The predicted octanol–water partition coefficient (Wildman–Crippen LogP) is 5.22. The van der Waals surface area contributed by atoms with Crippen LogP contribution in [0.15, 0.2) is 70.0 Å². The van der Waals surface area contributed by atoms with Gasteiger partial charge in [0.1, 0.15) is 11.5 Å². The van der Waals surface area contributed by atoms with Crippen LogP contribution in [0, 0.1) is 10.1 Å². The minimum absolute atomic E-state index is 0.00527. The fourth-order valence-electron chi connectivity index (χ4n) is 3.05. The van der Waals surface area contributed by atoms with Crippen LogP contribution in [0.1, 0.15) is 12.7 Å². The van der Waals surface area contributed by atoms with E-state index >= 15 is 0 Å². The summed E-state index contributed by atoms with van der Waals surface area (Å²) in [7, 11) is 0. The number of carbonyl (C=O) groups is 2. The van der Waals surface area contributed by atoms with E-state index in [2.05, 4.69) is 5.32 Å². The number of nitrogens with zero attached hydrogens (tertiary/aromatic N) is 2. The first-order valence-electron chi connectivity index (χ1n) is 9.32. The number of furan rings is 1. The molecular weight excluding hydrogens is 450 g/mol. The van der Waals surface area contributed by atoms with Gasteiger partial charge < -0.3 is 9.73 Å². The highest BCUT2D eigenvalue weighted by molar-refractivity contribution is 8.27. The number of amides is 2. The Morgan fingerprint density at radius 3 is 2.44 bits per heavy atom. The van der Waals surface area contributed by atoms with Gasteiger partial charge in [-0.2, -0.15) is 0 Å². The molecule has 4 rings (SSSR count). The average Bonchev–Trinajstić information content (AvgIpc) is 3.33. The van der Waals surface area contributed by atoms with E-state index in [-0.39, 0.29) is 17.5 Å². The Balaban J connectivity index is 1.53. The molecule has 1 aliphatic rings. The minimum Gasteiger partial charge on any atom is -0.457 e. The van der Waals surface area contributed by atoms with E-state index < -0.39 is 4.92 Å². The lowest BCUT2D eigenvalue weighted by Crippen LogP contribution is -2.27. The predicted molar refractivity (Wildman–Crippen MR) is 127 cm³/mol. The summed E-state index contributed by atoms with van der Waals surface area (Å²) >= 11 is 6.54. The summed E-state index contributed by atoms with van der Waals surface area (Å²) in [6, 6.07) is 16.3. The van der Waals surface area contributed by atoms with Crippen molar-refractivity contribution in [3.63, 3.8) is 0 Å². The first-order valence-corrected chi connectivity index (χ1v) is 10.5. The molecule has 160 valence electrons.